The highest BCUT2D eigenvalue weighted by atomic mass is 35.5. The Balaban J connectivity index is 2.24. The van der Waals surface area contributed by atoms with Gasteiger partial charge in [-0.3, -0.25) is 4.79 Å². The van der Waals surface area contributed by atoms with Crippen molar-refractivity contribution in [3.8, 4) is 0 Å². The zero-order valence-electron chi connectivity index (χ0n) is 9.39. The number of hydrogen-bond donors (Lipinski definition) is 0. The van der Waals surface area contributed by atoms with E-state index in [9.17, 15) is 4.79 Å². The number of rotatable bonds is 4. The highest BCUT2D eigenvalue weighted by Gasteiger charge is 2.09. The number of anilines is 1. The molecule has 1 aromatic heterocycles. The molecule has 1 heterocycles. The van der Waals surface area contributed by atoms with E-state index in [4.69, 9.17) is 16.0 Å². The fraction of sp³-hybridized carbons (Fsp3) is 0.154. The lowest BCUT2D eigenvalue weighted by atomic mass is 10.2. The van der Waals surface area contributed by atoms with Gasteiger partial charge in [0, 0.05) is 23.3 Å². The summed E-state index contributed by atoms with van der Waals surface area (Å²) in [6.45, 7) is 0.607. The summed E-state index contributed by atoms with van der Waals surface area (Å²) in [5.41, 5.74) is 1.41. The van der Waals surface area contributed by atoms with Gasteiger partial charge in [-0.15, -0.1) is 0 Å². The average Bonchev–Trinajstić information content (AvgIpc) is 2.81. The standard InChI is InChI=1S/C13H12ClNO2/c1-15(8-12-3-2-6-17-12)13-5-4-11(14)7-10(13)9-16/h2-7,9H,8H2,1H3. The van der Waals surface area contributed by atoms with E-state index in [1.54, 1.807) is 18.4 Å². The fourth-order valence-corrected chi connectivity index (χ4v) is 1.87. The maximum atomic E-state index is 11.0. The third-order valence-corrected chi connectivity index (χ3v) is 2.74. The van der Waals surface area contributed by atoms with Crippen molar-refractivity contribution in [2.24, 2.45) is 0 Å². The molecule has 0 amide bonds. The highest BCUT2D eigenvalue weighted by Crippen LogP contribution is 2.23. The van der Waals surface area contributed by atoms with Crippen LogP contribution in [0.1, 0.15) is 16.1 Å². The summed E-state index contributed by atoms with van der Waals surface area (Å²) >= 11 is 5.85. The molecule has 0 fully saturated rings. The number of furan rings is 1. The molecule has 3 nitrogen and oxygen atoms in total. The van der Waals surface area contributed by atoms with Crippen LogP contribution in [0.2, 0.25) is 5.02 Å². The topological polar surface area (TPSA) is 33.5 Å². The zero-order valence-corrected chi connectivity index (χ0v) is 10.1. The first-order chi connectivity index (χ1) is 8.20. The number of carbonyl (C=O) groups is 1. The molecule has 88 valence electrons. The average molecular weight is 250 g/mol. The van der Waals surface area contributed by atoms with E-state index in [2.05, 4.69) is 0 Å². The van der Waals surface area contributed by atoms with E-state index in [1.807, 2.05) is 30.1 Å². The monoisotopic (exact) mass is 249 g/mol. The summed E-state index contributed by atoms with van der Waals surface area (Å²) in [6.07, 6.45) is 2.44. The molecule has 4 heteroatoms. The molecule has 0 bridgehead atoms. The van der Waals surface area contributed by atoms with E-state index in [-0.39, 0.29) is 0 Å². The van der Waals surface area contributed by atoms with Gasteiger partial charge in [-0.05, 0) is 30.3 Å². The van der Waals surface area contributed by atoms with Gasteiger partial charge in [0.2, 0.25) is 0 Å². The largest absolute Gasteiger partial charge is 0.467 e. The predicted octanol–water partition coefficient (Wildman–Crippen LogP) is 3.38. The molecular weight excluding hydrogens is 238 g/mol. The van der Waals surface area contributed by atoms with Crippen molar-refractivity contribution in [1.29, 1.82) is 0 Å². The molecule has 2 aromatic rings. The number of hydrogen-bond acceptors (Lipinski definition) is 3. The van der Waals surface area contributed by atoms with E-state index in [0.29, 0.717) is 17.1 Å². The minimum Gasteiger partial charge on any atom is -0.467 e. The second-order valence-electron chi connectivity index (χ2n) is 3.76. The highest BCUT2D eigenvalue weighted by molar-refractivity contribution is 6.31. The summed E-state index contributed by atoms with van der Waals surface area (Å²) in [4.78, 5) is 12.9. The molecule has 17 heavy (non-hydrogen) atoms. The molecule has 0 spiro atoms. The molecule has 0 atom stereocenters. The van der Waals surface area contributed by atoms with E-state index < -0.39 is 0 Å². The Bertz CT molecular complexity index is 508. The van der Waals surface area contributed by atoms with Crippen LogP contribution in [0, 0.1) is 0 Å². The van der Waals surface area contributed by atoms with Gasteiger partial charge in [0.15, 0.2) is 6.29 Å². The lowest BCUT2D eigenvalue weighted by Gasteiger charge is -2.19. The van der Waals surface area contributed by atoms with Gasteiger partial charge in [-0.1, -0.05) is 11.6 Å². The minimum atomic E-state index is 0.558. The maximum absolute atomic E-state index is 11.0. The fourth-order valence-electron chi connectivity index (χ4n) is 1.69. The maximum Gasteiger partial charge on any atom is 0.152 e. The molecule has 0 radical (unpaired) electrons. The molecule has 1 aromatic carbocycles. The smallest absolute Gasteiger partial charge is 0.152 e. The van der Waals surface area contributed by atoms with Crippen LogP contribution in [0.5, 0.6) is 0 Å². The Kier molecular flexibility index (Phi) is 3.49. The van der Waals surface area contributed by atoms with Crippen molar-refractivity contribution in [2.75, 3.05) is 11.9 Å². The van der Waals surface area contributed by atoms with Crippen molar-refractivity contribution in [3.63, 3.8) is 0 Å². The lowest BCUT2D eigenvalue weighted by molar-refractivity contribution is 0.112. The van der Waals surface area contributed by atoms with Crippen LogP contribution >= 0.6 is 11.6 Å². The molecule has 0 unspecified atom stereocenters. The molecular formula is C13H12ClNO2. The third-order valence-electron chi connectivity index (χ3n) is 2.50. The Morgan fingerprint density at radius 3 is 2.88 bits per heavy atom. The number of carbonyl (C=O) groups excluding carboxylic acids is 1. The summed E-state index contributed by atoms with van der Waals surface area (Å²) in [7, 11) is 1.90. The molecule has 0 N–H and O–H groups in total. The minimum absolute atomic E-state index is 0.558. The number of benzene rings is 1. The van der Waals surface area contributed by atoms with Crippen molar-refractivity contribution in [2.45, 2.75) is 6.54 Å². The van der Waals surface area contributed by atoms with Gasteiger partial charge in [-0.25, -0.2) is 0 Å². The van der Waals surface area contributed by atoms with Gasteiger partial charge in [0.25, 0.3) is 0 Å². The van der Waals surface area contributed by atoms with Crippen LogP contribution in [0.4, 0.5) is 5.69 Å². The molecule has 0 aliphatic rings. The lowest BCUT2D eigenvalue weighted by Crippen LogP contribution is -2.17. The first-order valence-corrected chi connectivity index (χ1v) is 5.57. The Labute approximate surface area is 105 Å². The first-order valence-electron chi connectivity index (χ1n) is 5.19. The Morgan fingerprint density at radius 2 is 2.24 bits per heavy atom. The van der Waals surface area contributed by atoms with Gasteiger partial charge in [0.1, 0.15) is 5.76 Å². The van der Waals surface area contributed by atoms with Crippen LogP contribution in [-0.4, -0.2) is 13.3 Å². The predicted molar refractivity (Wildman–Crippen MR) is 67.7 cm³/mol. The number of halogens is 1. The summed E-state index contributed by atoms with van der Waals surface area (Å²) in [5.74, 6) is 0.847. The van der Waals surface area contributed by atoms with Crippen LogP contribution in [0.3, 0.4) is 0 Å². The summed E-state index contributed by atoms with van der Waals surface area (Å²) in [6, 6.07) is 8.98. The SMILES string of the molecule is CN(Cc1ccco1)c1ccc(Cl)cc1C=O. The van der Waals surface area contributed by atoms with Crippen LogP contribution in [0.25, 0.3) is 0 Å². The first kappa shape index (κ1) is 11.7. The van der Waals surface area contributed by atoms with Crippen molar-refractivity contribution >= 4 is 23.6 Å². The second kappa shape index (κ2) is 5.06. The normalized spacial score (nSPS) is 10.2. The van der Waals surface area contributed by atoms with Gasteiger partial charge < -0.3 is 9.32 Å². The summed E-state index contributed by atoms with van der Waals surface area (Å²) < 4.78 is 5.27. The number of aldehydes is 1. The molecule has 0 aliphatic heterocycles. The third kappa shape index (κ3) is 2.68. The molecule has 0 saturated heterocycles. The Hall–Kier alpha value is -1.74. The zero-order chi connectivity index (χ0) is 12.3. The second-order valence-corrected chi connectivity index (χ2v) is 4.19. The van der Waals surface area contributed by atoms with Crippen LogP contribution < -0.4 is 4.90 Å². The van der Waals surface area contributed by atoms with Crippen molar-refractivity contribution in [1.82, 2.24) is 0 Å². The van der Waals surface area contributed by atoms with E-state index >= 15 is 0 Å². The molecule has 0 aliphatic carbocycles. The van der Waals surface area contributed by atoms with Gasteiger partial charge in [-0.2, -0.15) is 0 Å². The van der Waals surface area contributed by atoms with Crippen molar-refractivity contribution in [3.05, 3.63) is 52.9 Å². The van der Waals surface area contributed by atoms with Gasteiger partial charge in [0.05, 0.1) is 12.8 Å². The molecule has 0 saturated carbocycles. The van der Waals surface area contributed by atoms with Crippen LogP contribution in [0.15, 0.2) is 41.0 Å². The Morgan fingerprint density at radius 1 is 1.41 bits per heavy atom. The van der Waals surface area contributed by atoms with Crippen LogP contribution in [-0.2, 0) is 6.54 Å². The summed E-state index contributed by atoms with van der Waals surface area (Å²) in [5, 5.41) is 0.558. The quantitative estimate of drug-likeness (QED) is 0.779. The number of nitrogens with zero attached hydrogens (tertiary/aromatic N) is 1. The van der Waals surface area contributed by atoms with E-state index in [1.165, 1.54) is 0 Å². The van der Waals surface area contributed by atoms with E-state index in [0.717, 1.165) is 17.7 Å². The molecule has 2 rings (SSSR count). The van der Waals surface area contributed by atoms with Crippen molar-refractivity contribution < 1.29 is 9.21 Å². The van der Waals surface area contributed by atoms with Gasteiger partial charge >= 0.3 is 0 Å².